The van der Waals surface area contributed by atoms with Crippen molar-refractivity contribution >= 4 is 22.8 Å². The van der Waals surface area contributed by atoms with Crippen LogP contribution < -0.4 is 20.7 Å². The summed E-state index contributed by atoms with van der Waals surface area (Å²) in [7, 11) is 1.49. The van der Waals surface area contributed by atoms with Crippen molar-refractivity contribution in [3.05, 3.63) is 80.0 Å². The van der Waals surface area contributed by atoms with E-state index < -0.39 is 17.4 Å². The largest absolute Gasteiger partial charge is 0.491 e. The number of nitrogens with zero attached hydrogens (tertiary/aromatic N) is 3. The Morgan fingerprint density at radius 3 is 2.44 bits per heavy atom. The van der Waals surface area contributed by atoms with Gasteiger partial charge in [0.15, 0.2) is 11.2 Å². The number of halogens is 1. The molecule has 2 heterocycles. The van der Waals surface area contributed by atoms with Crippen LogP contribution in [0.25, 0.3) is 11.2 Å². The SMILES string of the molecule is Cc1ccc(Oc2nc3c(c(=O)[nH]c(=O)n3C)n2C[C@@H](O)COc2ccc(Cl)cc2)cc1. The molecule has 0 aliphatic rings. The van der Waals surface area contributed by atoms with Gasteiger partial charge in [0.05, 0.1) is 6.54 Å². The number of fused-ring (bicyclic) bond motifs is 1. The van der Waals surface area contributed by atoms with Crippen molar-refractivity contribution < 1.29 is 14.6 Å². The average Bonchev–Trinajstić information content (AvgIpc) is 3.12. The number of aryl methyl sites for hydroxylation is 2. The molecule has 4 aromatic rings. The van der Waals surface area contributed by atoms with Crippen LogP contribution in [-0.2, 0) is 13.6 Å². The van der Waals surface area contributed by atoms with Gasteiger partial charge >= 0.3 is 11.7 Å². The standard InChI is InChI=1S/C22H21ClN4O5/c1-13-3-7-17(8-4-13)32-22-24-19-18(20(29)25-21(30)26(19)2)27(22)11-15(28)12-31-16-9-5-14(23)6-10-16/h3-10,15,28H,11-12H2,1-2H3,(H,25,29,30)/t15-/m1/s1. The van der Waals surface area contributed by atoms with E-state index in [0.29, 0.717) is 16.5 Å². The minimum Gasteiger partial charge on any atom is -0.491 e. The summed E-state index contributed by atoms with van der Waals surface area (Å²) in [5.41, 5.74) is 0.0896. The highest BCUT2D eigenvalue weighted by atomic mass is 35.5. The normalized spacial score (nSPS) is 12.1. The van der Waals surface area contributed by atoms with Crippen molar-refractivity contribution in [2.75, 3.05) is 6.61 Å². The number of benzene rings is 2. The molecular formula is C22H21ClN4O5. The molecule has 4 rings (SSSR count). The molecular weight excluding hydrogens is 436 g/mol. The number of H-pyrrole nitrogens is 1. The molecule has 2 N–H and O–H groups in total. The van der Waals surface area contributed by atoms with Crippen molar-refractivity contribution in [2.45, 2.75) is 19.6 Å². The van der Waals surface area contributed by atoms with Crippen LogP contribution in [0.3, 0.4) is 0 Å². The number of imidazole rings is 1. The van der Waals surface area contributed by atoms with E-state index in [0.717, 1.165) is 5.56 Å². The van der Waals surface area contributed by atoms with Gasteiger partial charge in [-0.05, 0) is 43.3 Å². The highest BCUT2D eigenvalue weighted by molar-refractivity contribution is 6.30. The molecule has 2 aromatic heterocycles. The number of aromatic amines is 1. The number of aromatic nitrogens is 4. The van der Waals surface area contributed by atoms with E-state index in [9.17, 15) is 14.7 Å². The lowest BCUT2D eigenvalue weighted by molar-refractivity contribution is 0.0915. The molecule has 0 radical (unpaired) electrons. The van der Waals surface area contributed by atoms with Crippen LogP contribution in [0.2, 0.25) is 5.02 Å². The van der Waals surface area contributed by atoms with Crippen LogP contribution in [0.1, 0.15) is 5.56 Å². The second-order valence-electron chi connectivity index (χ2n) is 7.33. The first kappa shape index (κ1) is 21.7. The Morgan fingerprint density at radius 2 is 1.75 bits per heavy atom. The quantitative estimate of drug-likeness (QED) is 0.442. The third-order valence-electron chi connectivity index (χ3n) is 4.85. The van der Waals surface area contributed by atoms with E-state index in [1.54, 1.807) is 36.4 Å². The summed E-state index contributed by atoms with van der Waals surface area (Å²) >= 11 is 5.87. The second-order valence-corrected chi connectivity index (χ2v) is 7.77. The minimum atomic E-state index is -1.000. The lowest BCUT2D eigenvalue weighted by atomic mass is 10.2. The van der Waals surface area contributed by atoms with Gasteiger partial charge in [-0.25, -0.2) is 4.79 Å². The number of ether oxygens (including phenoxy) is 2. The summed E-state index contributed by atoms with van der Waals surface area (Å²) in [6.45, 7) is 1.85. The van der Waals surface area contributed by atoms with Gasteiger partial charge in [-0.15, -0.1) is 0 Å². The third kappa shape index (κ3) is 4.53. The lowest BCUT2D eigenvalue weighted by Gasteiger charge is -2.15. The number of aliphatic hydroxyl groups is 1. The van der Waals surface area contributed by atoms with Gasteiger partial charge < -0.3 is 14.6 Å². The molecule has 0 amide bonds. The fourth-order valence-electron chi connectivity index (χ4n) is 3.16. The van der Waals surface area contributed by atoms with Crippen molar-refractivity contribution in [3.8, 4) is 17.5 Å². The first-order chi connectivity index (χ1) is 15.3. The Morgan fingerprint density at radius 1 is 1.09 bits per heavy atom. The lowest BCUT2D eigenvalue weighted by Crippen LogP contribution is -2.30. The molecule has 0 saturated heterocycles. The van der Waals surface area contributed by atoms with E-state index in [-0.39, 0.29) is 30.3 Å². The summed E-state index contributed by atoms with van der Waals surface area (Å²) in [4.78, 5) is 31.2. The molecule has 32 heavy (non-hydrogen) atoms. The highest BCUT2D eigenvalue weighted by Gasteiger charge is 2.21. The Bertz CT molecular complexity index is 1360. The van der Waals surface area contributed by atoms with Gasteiger partial charge in [0.25, 0.3) is 5.56 Å². The molecule has 9 nitrogen and oxygen atoms in total. The Labute approximate surface area is 187 Å². The maximum Gasteiger partial charge on any atom is 0.329 e. The first-order valence-electron chi connectivity index (χ1n) is 9.82. The summed E-state index contributed by atoms with van der Waals surface area (Å²) in [5, 5.41) is 11.2. The van der Waals surface area contributed by atoms with E-state index in [2.05, 4.69) is 9.97 Å². The minimum absolute atomic E-state index is 0.0467. The molecule has 0 fully saturated rings. The topological polar surface area (TPSA) is 111 Å². The van der Waals surface area contributed by atoms with Gasteiger partial charge in [-0.3, -0.25) is 18.9 Å². The van der Waals surface area contributed by atoms with Crippen LogP contribution in [-0.4, -0.2) is 36.9 Å². The number of nitrogens with one attached hydrogen (secondary N) is 1. The number of hydrogen-bond donors (Lipinski definition) is 2. The molecule has 0 aliphatic heterocycles. The predicted octanol–water partition coefficient (Wildman–Crippen LogP) is 2.62. The number of aliphatic hydroxyl groups excluding tert-OH is 1. The molecule has 0 unspecified atom stereocenters. The summed E-state index contributed by atoms with van der Waals surface area (Å²) in [5.74, 6) is 1.04. The Kier molecular flexibility index (Phi) is 6.02. The summed E-state index contributed by atoms with van der Waals surface area (Å²) < 4.78 is 14.1. The maximum atomic E-state index is 12.6. The van der Waals surface area contributed by atoms with Crippen LogP contribution in [0.4, 0.5) is 0 Å². The zero-order chi connectivity index (χ0) is 22.8. The summed E-state index contributed by atoms with van der Waals surface area (Å²) in [6.07, 6.45) is -1.000. The van der Waals surface area contributed by atoms with E-state index in [4.69, 9.17) is 21.1 Å². The second kappa shape index (κ2) is 8.89. The summed E-state index contributed by atoms with van der Waals surface area (Å²) in [6, 6.07) is 14.1. The third-order valence-corrected chi connectivity index (χ3v) is 5.10. The molecule has 0 saturated carbocycles. The predicted molar refractivity (Wildman–Crippen MR) is 120 cm³/mol. The molecule has 0 bridgehead atoms. The van der Waals surface area contributed by atoms with Gasteiger partial charge in [0, 0.05) is 12.1 Å². The van der Waals surface area contributed by atoms with Crippen molar-refractivity contribution in [1.82, 2.24) is 19.1 Å². The maximum absolute atomic E-state index is 12.6. The monoisotopic (exact) mass is 456 g/mol. The van der Waals surface area contributed by atoms with E-state index >= 15 is 0 Å². The van der Waals surface area contributed by atoms with Crippen LogP contribution in [0.5, 0.6) is 17.5 Å². The van der Waals surface area contributed by atoms with Crippen molar-refractivity contribution in [2.24, 2.45) is 7.05 Å². The van der Waals surface area contributed by atoms with Crippen LogP contribution in [0.15, 0.2) is 58.1 Å². The fraction of sp³-hybridized carbons (Fsp3) is 0.227. The molecule has 10 heteroatoms. The van der Waals surface area contributed by atoms with E-state index in [1.807, 2.05) is 19.1 Å². The zero-order valence-electron chi connectivity index (χ0n) is 17.4. The van der Waals surface area contributed by atoms with Crippen molar-refractivity contribution in [3.63, 3.8) is 0 Å². The van der Waals surface area contributed by atoms with Gasteiger partial charge in [-0.2, -0.15) is 4.98 Å². The van der Waals surface area contributed by atoms with Crippen molar-refractivity contribution in [1.29, 1.82) is 0 Å². The smallest absolute Gasteiger partial charge is 0.329 e. The first-order valence-corrected chi connectivity index (χ1v) is 10.2. The van der Waals surface area contributed by atoms with Gasteiger partial charge in [0.2, 0.25) is 0 Å². The number of rotatable bonds is 7. The Balaban J connectivity index is 1.66. The molecule has 2 aromatic carbocycles. The zero-order valence-corrected chi connectivity index (χ0v) is 18.2. The van der Waals surface area contributed by atoms with Gasteiger partial charge in [0.1, 0.15) is 24.2 Å². The fourth-order valence-corrected chi connectivity index (χ4v) is 3.29. The Hall–Kier alpha value is -3.56. The number of hydrogen-bond acceptors (Lipinski definition) is 6. The van der Waals surface area contributed by atoms with Gasteiger partial charge in [-0.1, -0.05) is 29.3 Å². The average molecular weight is 457 g/mol. The molecule has 0 spiro atoms. The molecule has 166 valence electrons. The van der Waals surface area contributed by atoms with E-state index in [1.165, 1.54) is 16.2 Å². The van der Waals surface area contributed by atoms with Crippen LogP contribution >= 0.6 is 11.6 Å². The van der Waals surface area contributed by atoms with Crippen LogP contribution in [0, 0.1) is 6.92 Å². The molecule has 1 atom stereocenters. The molecule has 0 aliphatic carbocycles. The highest BCUT2D eigenvalue weighted by Crippen LogP contribution is 2.25.